The second kappa shape index (κ2) is 5.84. The Kier molecular flexibility index (Phi) is 5.07. The highest BCUT2D eigenvalue weighted by atomic mass is 35.5. The summed E-state index contributed by atoms with van der Waals surface area (Å²) in [5, 5.41) is 1.16. The average molecular weight is 250 g/mol. The maximum absolute atomic E-state index is 6.01. The zero-order valence-corrected chi connectivity index (χ0v) is 10.6. The maximum Gasteiger partial charge on any atom is 0.130 e. The third-order valence-corrected chi connectivity index (χ3v) is 3.58. The van der Waals surface area contributed by atoms with Crippen molar-refractivity contribution in [1.82, 2.24) is 4.98 Å². The monoisotopic (exact) mass is 249 g/mol. The van der Waals surface area contributed by atoms with E-state index in [1.54, 1.807) is 12.3 Å². The van der Waals surface area contributed by atoms with Crippen molar-refractivity contribution in [2.75, 3.05) is 5.75 Å². The van der Waals surface area contributed by atoms with Gasteiger partial charge in [0.25, 0.3) is 0 Å². The second-order valence-electron chi connectivity index (χ2n) is 3.51. The van der Waals surface area contributed by atoms with Crippen molar-refractivity contribution < 1.29 is 0 Å². The Hall–Kier alpha value is 0.0800. The molecular formula is C10H13Cl2NS. The van der Waals surface area contributed by atoms with Gasteiger partial charge in [-0.25, -0.2) is 4.98 Å². The van der Waals surface area contributed by atoms with Crippen LogP contribution in [0.3, 0.4) is 0 Å². The van der Waals surface area contributed by atoms with E-state index in [-0.39, 0.29) is 0 Å². The molecule has 1 aromatic rings. The van der Waals surface area contributed by atoms with Crippen molar-refractivity contribution >= 4 is 35.0 Å². The first kappa shape index (κ1) is 12.2. The molecule has 0 aliphatic carbocycles. The van der Waals surface area contributed by atoms with E-state index in [9.17, 15) is 0 Å². The van der Waals surface area contributed by atoms with Gasteiger partial charge in [0.15, 0.2) is 0 Å². The molecule has 0 saturated heterocycles. The molecule has 1 heterocycles. The lowest BCUT2D eigenvalue weighted by molar-refractivity contribution is 0.750. The topological polar surface area (TPSA) is 12.9 Å². The Labute approximate surface area is 99.2 Å². The fraction of sp³-hybridized carbons (Fsp3) is 0.500. The van der Waals surface area contributed by atoms with Gasteiger partial charge in [0.05, 0.1) is 0 Å². The van der Waals surface area contributed by atoms with Gasteiger partial charge in [-0.15, -0.1) is 0 Å². The molecule has 0 unspecified atom stereocenters. The van der Waals surface area contributed by atoms with Crippen LogP contribution in [0.4, 0.5) is 0 Å². The molecular weight excluding hydrogens is 237 g/mol. The standard InChI is InChI=1S/C10H13Cl2NS/c1-7(2)5-14-6-8-4-13-10(12)3-9(8)11/h3-4,7H,5-6H2,1-2H3. The van der Waals surface area contributed by atoms with Crippen molar-refractivity contribution in [3.8, 4) is 0 Å². The normalized spacial score (nSPS) is 10.9. The highest BCUT2D eigenvalue weighted by molar-refractivity contribution is 7.98. The SMILES string of the molecule is CC(C)CSCc1cnc(Cl)cc1Cl. The minimum absolute atomic E-state index is 0.451. The van der Waals surface area contributed by atoms with Crippen LogP contribution in [0.2, 0.25) is 10.2 Å². The molecule has 0 aliphatic heterocycles. The van der Waals surface area contributed by atoms with E-state index in [0.717, 1.165) is 17.1 Å². The third-order valence-electron chi connectivity index (χ3n) is 1.61. The summed E-state index contributed by atoms with van der Waals surface area (Å²) in [6.07, 6.45) is 1.75. The molecule has 0 spiro atoms. The highest BCUT2D eigenvalue weighted by Crippen LogP contribution is 2.23. The Morgan fingerprint density at radius 3 is 2.71 bits per heavy atom. The Morgan fingerprint density at radius 1 is 1.43 bits per heavy atom. The minimum atomic E-state index is 0.451. The van der Waals surface area contributed by atoms with Crippen molar-refractivity contribution in [3.05, 3.63) is 28.0 Å². The molecule has 0 aliphatic rings. The summed E-state index contributed by atoms with van der Waals surface area (Å²) in [4.78, 5) is 4.01. The summed E-state index contributed by atoms with van der Waals surface area (Å²) < 4.78 is 0. The van der Waals surface area contributed by atoms with E-state index in [1.165, 1.54) is 0 Å². The van der Waals surface area contributed by atoms with Crippen LogP contribution >= 0.6 is 35.0 Å². The fourth-order valence-corrected chi connectivity index (χ4v) is 2.50. The van der Waals surface area contributed by atoms with Crippen LogP contribution in [0.15, 0.2) is 12.3 Å². The van der Waals surface area contributed by atoms with Crippen molar-refractivity contribution in [3.63, 3.8) is 0 Å². The van der Waals surface area contributed by atoms with Gasteiger partial charge >= 0.3 is 0 Å². The first-order valence-electron chi connectivity index (χ1n) is 4.47. The molecule has 0 fully saturated rings. The number of rotatable bonds is 4. The third kappa shape index (κ3) is 4.07. The van der Waals surface area contributed by atoms with Gasteiger partial charge in [-0.1, -0.05) is 37.0 Å². The number of halogens is 2. The zero-order chi connectivity index (χ0) is 10.6. The van der Waals surface area contributed by atoms with Crippen LogP contribution in [0.25, 0.3) is 0 Å². The minimum Gasteiger partial charge on any atom is -0.244 e. The molecule has 78 valence electrons. The molecule has 1 nitrogen and oxygen atoms in total. The summed E-state index contributed by atoms with van der Waals surface area (Å²) in [6, 6.07) is 1.69. The van der Waals surface area contributed by atoms with Gasteiger partial charge in [-0.05, 0) is 23.3 Å². The first-order chi connectivity index (χ1) is 6.59. The van der Waals surface area contributed by atoms with Gasteiger partial charge in [0, 0.05) is 17.0 Å². The van der Waals surface area contributed by atoms with Gasteiger partial charge in [-0.3, -0.25) is 0 Å². The van der Waals surface area contributed by atoms with E-state index in [1.807, 2.05) is 11.8 Å². The summed E-state index contributed by atoms with van der Waals surface area (Å²) in [5.41, 5.74) is 1.06. The number of thioether (sulfide) groups is 1. The lowest BCUT2D eigenvalue weighted by Gasteiger charge is -2.05. The van der Waals surface area contributed by atoms with Crippen LogP contribution in [-0.2, 0) is 5.75 Å². The van der Waals surface area contributed by atoms with Crippen molar-refractivity contribution in [1.29, 1.82) is 0 Å². The molecule has 1 rings (SSSR count). The summed E-state index contributed by atoms with van der Waals surface area (Å²) in [5.74, 6) is 2.75. The van der Waals surface area contributed by atoms with E-state index < -0.39 is 0 Å². The van der Waals surface area contributed by atoms with Crippen LogP contribution in [0, 0.1) is 5.92 Å². The highest BCUT2D eigenvalue weighted by Gasteiger charge is 2.03. The lowest BCUT2D eigenvalue weighted by atomic mass is 10.3. The molecule has 0 bridgehead atoms. The van der Waals surface area contributed by atoms with E-state index in [0.29, 0.717) is 16.1 Å². The van der Waals surface area contributed by atoms with E-state index >= 15 is 0 Å². The fourth-order valence-electron chi connectivity index (χ4n) is 0.947. The molecule has 0 atom stereocenters. The first-order valence-corrected chi connectivity index (χ1v) is 6.38. The second-order valence-corrected chi connectivity index (χ2v) is 5.33. The largest absolute Gasteiger partial charge is 0.244 e. The molecule has 0 amide bonds. The summed E-state index contributed by atoms with van der Waals surface area (Å²) in [7, 11) is 0. The lowest BCUT2D eigenvalue weighted by Crippen LogP contribution is -1.92. The van der Waals surface area contributed by atoms with Gasteiger partial charge in [0.2, 0.25) is 0 Å². The summed E-state index contributed by atoms with van der Waals surface area (Å²) in [6.45, 7) is 4.41. The van der Waals surface area contributed by atoms with E-state index in [4.69, 9.17) is 23.2 Å². The zero-order valence-electron chi connectivity index (χ0n) is 8.26. The van der Waals surface area contributed by atoms with Crippen LogP contribution in [0.1, 0.15) is 19.4 Å². The number of hydrogen-bond donors (Lipinski definition) is 0. The molecule has 4 heteroatoms. The summed E-state index contributed by atoms with van der Waals surface area (Å²) >= 11 is 13.6. The van der Waals surface area contributed by atoms with Gasteiger partial charge in [0.1, 0.15) is 5.15 Å². The predicted molar refractivity (Wildman–Crippen MR) is 65.3 cm³/mol. The van der Waals surface area contributed by atoms with Gasteiger partial charge < -0.3 is 0 Å². The smallest absolute Gasteiger partial charge is 0.130 e. The Balaban J connectivity index is 2.51. The molecule has 0 saturated carbocycles. The molecule has 1 aromatic heterocycles. The van der Waals surface area contributed by atoms with E-state index in [2.05, 4.69) is 18.8 Å². The number of aromatic nitrogens is 1. The molecule has 0 radical (unpaired) electrons. The van der Waals surface area contributed by atoms with Crippen molar-refractivity contribution in [2.24, 2.45) is 5.92 Å². The number of hydrogen-bond acceptors (Lipinski definition) is 2. The van der Waals surface area contributed by atoms with Crippen molar-refractivity contribution in [2.45, 2.75) is 19.6 Å². The Bertz CT molecular complexity index is 302. The van der Waals surface area contributed by atoms with Gasteiger partial charge in [-0.2, -0.15) is 11.8 Å². The molecule has 14 heavy (non-hydrogen) atoms. The maximum atomic E-state index is 6.01. The average Bonchev–Trinajstić information content (AvgIpc) is 2.08. The Morgan fingerprint density at radius 2 is 2.14 bits per heavy atom. The number of nitrogens with zero attached hydrogens (tertiary/aromatic N) is 1. The van der Waals surface area contributed by atoms with Crippen LogP contribution in [0.5, 0.6) is 0 Å². The number of pyridine rings is 1. The molecule has 0 aromatic carbocycles. The predicted octanol–water partition coefficient (Wildman–Crippen LogP) is 4.28. The van der Waals surface area contributed by atoms with Crippen LogP contribution < -0.4 is 0 Å². The quantitative estimate of drug-likeness (QED) is 0.740. The molecule has 0 N–H and O–H groups in total. The van der Waals surface area contributed by atoms with Crippen LogP contribution in [-0.4, -0.2) is 10.7 Å².